The van der Waals surface area contributed by atoms with E-state index in [9.17, 15) is 9.59 Å². The number of hydrogen-bond donors (Lipinski definition) is 2. The third-order valence-electron chi connectivity index (χ3n) is 5.86. The van der Waals surface area contributed by atoms with Crippen molar-refractivity contribution in [1.29, 1.82) is 0 Å². The number of aryl methyl sites for hydroxylation is 1. The maximum atomic E-state index is 13.5. The summed E-state index contributed by atoms with van der Waals surface area (Å²) in [5.74, 6) is 1.28. The van der Waals surface area contributed by atoms with Crippen LogP contribution in [0.1, 0.15) is 57.5 Å². The minimum absolute atomic E-state index is 0.0554. The van der Waals surface area contributed by atoms with Gasteiger partial charge in [0.1, 0.15) is 23.6 Å². The second-order valence-corrected chi connectivity index (χ2v) is 9.84. The highest BCUT2D eigenvalue weighted by Crippen LogP contribution is 2.27. The minimum atomic E-state index is -0.606. The summed E-state index contributed by atoms with van der Waals surface area (Å²) in [4.78, 5) is 34.3. The molecule has 4 rings (SSSR count). The zero-order valence-electron chi connectivity index (χ0n) is 20.3. The molecule has 0 spiro atoms. The first-order valence-electron chi connectivity index (χ1n) is 11.9. The summed E-state index contributed by atoms with van der Waals surface area (Å²) in [6, 6.07) is 7.05. The lowest BCUT2D eigenvalue weighted by molar-refractivity contribution is -0.146. The molecule has 10 heteroatoms. The van der Waals surface area contributed by atoms with Gasteiger partial charge < -0.3 is 19.7 Å². The number of aromatic amines is 1. The molecule has 2 saturated heterocycles. The fraction of sp³-hybridized carbons (Fsp3) is 0.583. The summed E-state index contributed by atoms with van der Waals surface area (Å²) in [7, 11) is 0. The number of ether oxygens (including phenoxy) is 2. The number of nitrogens with one attached hydrogen (secondary N) is 2. The Labute approximate surface area is 200 Å². The van der Waals surface area contributed by atoms with Gasteiger partial charge in [-0.3, -0.25) is 14.8 Å². The first kappa shape index (κ1) is 24.0. The van der Waals surface area contributed by atoms with Crippen LogP contribution in [0.2, 0.25) is 0 Å². The Morgan fingerprint density at radius 1 is 1.21 bits per heavy atom. The van der Waals surface area contributed by atoms with Gasteiger partial charge in [-0.25, -0.2) is 9.78 Å². The van der Waals surface area contributed by atoms with Crippen molar-refractivity contribution < 1.29 is 19.1 Å². The maximum absolute atomic E-state index is 13.5. The van der Waals surface area contributed by atoms with Crippen molar-refractivity contribution in [1.82, 2.24) is 25.0 Å². The van der Waals surface area contributed by atoms with Crippen LogP contribution in [0.3, 0.4) is 0 Å². The fourth-order valence-corrected chi connectivity index (χ4v) is 4.28. The van der Waals surface area contributed by atoms with Gasteiger partial charge in [0.05, 0.1) is 18.8 Å². The van der Waals surface area contributed by atoms with Crippen LogP contribution >= 0.6 is 0 Å². The van der Waals surface area contributed by atoms with Crippen LogP contribution in [0.15, 0.2) is 24.3 Å². The van der Waals surface area contributed by atoms with Gasteiger partial charge in [-0.1, -0.05) is 6.07 Å². The third kappa shape index (κ3) is 5.85. The van der Waals surface area contributed by atoms with E-state index in [1.165, 1.54) is 0 Å². The van der Waals surface area contributed by atoms with Crippen LogP contribution < -0.4 is 5.32 Å². The molecule has 34 heavy (non-hydrogen) atoms. The number of hydrogen-bond acceptors (Lipinski definition) is 7. The standard InChI is InChI=1S/C24H34N6O4/c1-16-14-21(28-27-16)26-20-10-7-8-17(25-20)19-15-29(12-13-33-19)22(31)18-9-5-6-11-30(18)23(32)34-24(2,3)4/h7-8,10,14,18-19H,5-6,9,11-13,15H2,1-4H3,(H2,25,26,27,28). The van der Waals surface area contributed by atoms with Crippen LogP contribution in [-0.2, 0) is 14.3 Å². The van der Waals surface area contributed by atoms with Crippen molar-refractivity contribution in [2.75, 3.05) is 31.6 Å². The Bertz CT molecular complexity index is 1020. The quantitative estimate of drug-likeness (QED) is 0.703. The van der Waals surface area contributed by atoms with Crippen LogP contribution in [0.25, 0.3) is 0 Å². The Kier molecular flexibility index (Phi) is 7.06. The van der Waals surface area contributed by atoms with E-state index in [4.69, 9.17) is 9.47 Å². The number of piperidine rings is 1. The normalized spacial score (nSPS) is 21.3. The second kappa shape index (κ2) is 10.0. The van der Waals surface area contributed by atoms with Gasteiger partial charge >= 0.3 is 6.09 Å². The number of nitrogens with zero attached hydrogens (tertiary/aromatic N) is 4. The van der Waals surface area contributed by atoms with E-state index >= 15 is 0 Å². The second-order valence-electron chi connectivity index (χ2n) is 9.84. The number of likely N-dealkylation sites (tertiary alicyclic amines) is 1. The summed E-state index contributed by atoms with van der Waals surface area (Å²) >= 11 is 0. The summed E-state index contributed by atoms with van der Waals surface area (Å²) in [6.07, 6.45) is 1.64. The molecule has 0 radical (unpaired) electrons. The van der Waals surface area contributed by atoms with Gasteiger partial charge in [-0.15, -0.1) is 0 Å². The SMILES string of the molecule is Cc1cc(Nc2cccc(C3CN(C(=O)C4CCCCN4C(=O)OC(C)(C)C)CCO3)n2)n[nH]1. The number of morpholine rings is 1. The smallest absolute Gasteiger partial charge is 0.410 e. The number of aromatic nitrogens is 3. The van der Waals surface area contributed by atoms with Gasteiger partial charge in [0.15, 0.2) is 5.82 Å². The number of rotatable bonds is 4. The van der Waals surface area contributed by atoms with E-state index in [0.29, 0.717) is 44.3 Å². The maximum Gasteiger partial charge on any atom is 0.410 e. The average Bonchev–Trinajstić information content (AvgIpc) is 3.22. The zero-order valence-corrected chi connectivity index (χ0v) is 20.3. The van der Waals surface area contributed by atoms with Gasteiger partial charge in [-0.2, -0.15) is 5.10 Å². The molecule has 0 saturated carbocycles. The molecule has 0 aliphatic carbocycles. The molecule has 2 aliphatic rings. The average molecular weight is 471 g/mol. The fourth-order valence-electron chi connectivity index (χ4n) is 4.28. The molecule has 2 amide bonds. The Morgan fingerprint density at radius 3 is 2.76 bits per heavy atom. The molecule has 4 heterocycles. The van der Waals surface area contributed by atoms with Crippen LogP contribution in [0.4, 0.5) is 16.4 Å². The molecule has 2 atom stereocenters. The molecule has 184 valence electrons. The number of carbonyl (C=O) groups is 2. The Morgan fingerprint density at radius 2 is 2.03 bits per heavy atom. The first-order valence-corrected chi connectivity index (χ1v) is 11.9. The number of H-pyrrole nitrogens is 1. The monoisotopic (exact) mass is 470 g/mol. The van der Waals surface area contributed by atoms with Crippen LogP contribution in [0.5, 0.6) is 0 Å². The molecule has 2 unspecified atom stereocenters. The predicted molar refractivity (Wildman–Crippen MR) is 127 cm³/mol. The van der Waals surface area contributed by atoms with Crippen molar-refractivity contribution in [2.45, 2.75) is 64.7 Å². The van der Waals surface area contributed by atoms with Gasteiger partial charge in [0.25, 0.3) is 0 Å². The topological polar surface area (TPSA) is 113 Å². The van der Waals surface area contributed by atoms with Crippen molar-refractivity contribution in [3.05, 3.63) is 35.7 Å². The molecule has 2 aliphatic heterocycles. The summed E-state index contributed by atoms with van der Waals surface area (Å²) in [6.45, 7) is 9.24. The summed E-state index contributed by atoms with van der Waals surface area (Å²) in [5, 5.41) is 10.3. The number of pyridine rings is 1. The largest absolute Gasteiger partial charge is 0.444 e. The van der Waals surface area contributed by atoms with E-state index in [-0.39, 0.29) is 12.0 Å². The zero-order chi connectivity index (χ0) is 24.3. The van der Waals surface area contributed by atoms with Crippen LogP contribution in [0, 0.1) is 6.92 Å². The van der Waals surface area contributed by atoms with E-state index in [1.807, 2.05) is 52.0 Å². The van der Waals surface area contributed by atoms with E-state index in [1.54, 1.807) is 9.80 Å². The third-order valence-corrected chi connectivity index (χ3v) is 5.86. The molecular formula is C24H34N6O4. The molecule has 10 nitrogen and oxygen atoms in total. The van der Waals surface area contributed by atoms with Crippen molar-refractivity contribution >= 4 is 23.6 Å². The Balaban J connectivity index is 1.44. The van der Waals surface area contributed by atoms with E-state index in [2.05, 4.69) is 20.5 Å². The van der Waals surface area contributed by atoms with E-state index < -0.39 is 17.7 Å². The molecule has 2 N–H and O–H groups in total. The minimum Gasteiger partial charge on any atom is -0.444 e. The molecule has 2 fully saturated rings. The summed E-state index contributed by atoms with van der Waals surface area (Å²) in [5.41, 5.74) is 1.08. The molecule has 0 aromatic carbocycles. The van der Waals surface area contributed by atoms with Crippen molar-refractivity contribution in [3.63, 3.8) is 0 Å². The number of anilines is 2. The summed E-state index contributed by atoms with van der Waals surface area (Å²) < 4.78 is 11.5. The highest BCUT2D eigenvalue weighted by molar-refractivity contribution is 5.86. The number of carbonyl (C=O) groups excluding carboxylic acids is 2. The molecule has 0 bridgehead atoms. The van der Waals surface area contributed by atoms with Crippen molar-refractivity contribution in [2.24, 2.45) is 0 Å². The lowest BCUT2D eigenvalue weighted by Crippen LogP contribution is -2.56. The molecule has 2 aromatic heterocycles. The molecule has 2 aromatic rings. The highest BCUT2D eigenvalue weighted by atomic mass is 16.6. The highest BCUT2D eigenvalue weighted by Gasteiger charge is 2.38. The van der Waals surface area contributed by atoms with Gasteiger partial charge in [-0.05, 0) is 59.1 Å². The molecular weight excluding hydrogens is 436 g/mol. The number of amides is 2. The van der Waals surface area contributed by atoms with Gasteiger partial charge in [0, 0.05) is 24.8 Å². The van der Waals surface area contributed by atoms with E-state index in [0.717, 1.165) is 24.2 Å². The lowest BCUT2D eigenvalue weighted by atomic mass is 10.0. The Hall–Kier alpha value is -3.14. The lowest BCUT2D eigenvalue weighted by Gasteiger charge is -2.40. The van der Waals surface area contributed by atoms with Crippen LogP contribution in [-0.4, -0.2) is 74.9 Å². The van der Waals surface area contributed by atoms with Gasteiger partial charge in [0.2, 0.25) is 5.91 Å². The first-order chi connectivity index (χ1) is 16.2. The van der Waals surface area contributed by atoms with Crippen molar-refractivity contribution in [3.8, 4) is 0 Å². The predicted octanol–water partition coefficient (Wildman–Crippen LogP) is 3.55.